The number of benzene rings is 2. The topological polar surface area (TPSA) is 65.2 Å². The number of hydrogen-bond donors (Lipinski definition) is 2. The normalized spacial score (nSPS) is 10.9. The first-order chi connectivity index (χ1) is 9.77. The Labute approximate surface area is 151 Å². The van der Waals surface area contributed by atoms with Gasteiger partial charge in [0.25, 0.3) is 0 Å². The van der Waals surface area contributed by atoms with Gasteiger partial charge in [0, 0.05) is 59.2 Å². The van der Waals surface area contributed by atoms with Crippen molar-refractivity contribution in [2.24, 2.45) is 9.98 Å². The average Bonchev–Trinajstić information content (AvgIpc) is 2.46. The molecule has 0 aromatic heterocycles. The van der Waals surface area contributed by atoms with E-state index < -0.39 is 0 Å². The number of aromatic hydroxyl groups is 2. The molecule has 0 aliphatic rings. The van der Waals surface area contributed by atoms with E-state index in [0.29, 0.717) is 24.2 Å². The summed E-state index contributed by atoms with van der Waals surface area (Å²) in [7, 11) is 0. The van der Waals surface area contributed by atoms with Crippen LogP contribution in [0.1, 0.15) is 11.1 Å². The van der Waals surface area contributed by atoms with Crippen LogP contribution in [0.3, 0.4) is 0 Å². The Hall–Kier alpha value is -1.43. The maximum absolute atomic E-state index is 9.54. The molecule has 21 heavy (non-hydrogen) atoms. The summed E-state index contributed by atoms with van der Waals surface area (Å²) in [6.45, 7) is 1.05. The number of rotatable bonds is 5. The van der Waals surface area contributed by atoms with Crippen molar-refractivity contribution < 1.29 is 45.8 Å². The Morgan fingerprint density at radius 2 is 1.10 bits per heavy atom. The molecule has 0 bridgehead atoms. The third kappa shape index (κ3) is 5.83. The van der Waals surface area contributed by atoms with Gasteiger partial charge in [-0.15, -0.1) is 0 Å². The smallest absolute Gasteiger partial charge is 0.124 e. The second-order valence-electron chi connectivity index (χ2n) is 4.19. The fourth-order valence-corrected chi connectivity index (χ4v) is 1.63. The van der Waals surface area contributed by atoms with Gasteiger partial charge in [-0.2, -0.15) is 0 Å². The molecule has 0 saturated heterocycles. The minimum Gasteiger partial charge on any atom is -0.507 e. The Bertz CT molecular complexity index is 572. The van der Waals surface area contributed by atoms with Gasteiger partial charge in [0.1, 0.15) is 11.5 Å². The summed E-state index contributed by atoms with van der Waals surface area (Å²) in [6, 6.07) is 14.1. The van der Waals surface area contributed by atoms with Crippen molar-refractivity contribution in [3.8, 4) is 11.5 Å². The van der Waals surface area contributed by atoms with E-state index >= 15 is 0 Å². The molecule has 5 heteroatoms. The van der Waals surface area contributed by atoms with Crippen LogP contribution in [0, 0.1) is 35.6 Å². The van der Waals surface area contributed by atoms with E-state index in [4.69, 9.17) is 0 Å². The van der Waals surface area contributed by atoms with E-state index in [2.05, 4.69) is 9.98 Å². The SMILES string of the molecule is Oc1ccccc1C=NCCN=Cc1ccccc1O.[La]. The third-order valence-corrected chi connectivity index (χ3v) is 2.69. The summed E-state index contributed by atoms with van der Waals surface area (Å²) in [5.41, 5.74) is 1.38. The largest absolute Gasteiger partial charge is 0.507 e. The van der Waals surface area contributed by atoms with Gasteiger partial charge >= 0.3 is 0 Å². The number of nitrogens with zero attached hydrogens (tertiary/aromatic N) is 2. The molecule has 0 heterocycles. The van der Waals surface area contributed by atoms with Crippen LogP contribution in [0.25, 0.3) is 0 Å². The van der Waals surface area contributed by atoms with Crippen LogP contribution in [0.2, 0.25) is 0 Å². The van der Waals surface area contributed by atoms with E-state index in [9.17, 15) is 10.2 Å². The quantitative estimate of drug-likeness (QED) is 0.592. The van der Waals surface area contributed by atoms with E-state index in [-0.39, 0.29) is 47.1 Å². The zero-order valence-electron chi connectivity index (χ0n) is 11.6. The number of aliphatic imine (C=N–C) groups is 2. The van der Waals surface area contributed by atoms with Crippen LogP contribution in [-0.2, 0) is 0 Å². The first-order valence-electron chi connectivity index (χ1n) is 6.33. The molecule has 0 saturated carbocycles. The fraction of sp³-hybridized carbons (Fsp3) is 0.125. The van der Waals surface area contributed by atoms with Crippen LogP contribution < -0.4 is 0 Å². The van der Waals surface area contributed by atoms with Crippen molar-refractivity contribution in [3.63, 3.8) is 0 Å². The monoisotopic (exact) mass is 407 g/mol. The molecule has 4 nitrogen and oxygen atoms in total. The zero-order chi connectivity index (χ0) is 14.2. The van der Waals surface area contributed by atoms with Crippen LogP contribution in [0.5, 0.6) is 11.5 Å². The number of hydrogen-bond acceptors (Lipinski definition) is 4. The number of phenols is 2. The van der Waals surface area contributed by atoms with Crippen LogP contribution in [0.4, 0.5) is 0 Å². The van der Waals surface area contributed by atoms with Crippen molar-refractivity contribution in [2.75, 3.05) is 13.1 Å². The molecule has 2 aromatic carbocycles. The summed E-state index contributed by atoms with van der Waals surface area (Å²) in [5, 5.41) is 19.1. The predicted octanol–water partition coefficient (Wildman–Crippen LogP) is 2.64. The van der Waals surface area contributed by atoms with Gasteiger partial charge in [-0.1, -0.05) is 24.3 Å². The van der Waals surface area contributed by atoms with Crippen LogP contribution in [0.15, 0.2) is 58.5 Å². The van der Waals surface area contributed by atoms with Gasteiger partial charge in [0.15, 0.2) is 0 Å². The summed E-state index contributed by atoms with van der Waals surface area (Å²) < 4.78 is 0. The van der Waals surface area contributed by atoms with Gasteiger partial charge < -0.3 is 10.2 Å². The second kappa shape index (κ2) is 9.50. The molecular formula is C16H16LaN2O2. The third-order valence-electron chi connectivity index (χ3n) is 2.69. The van der Waals surface area contributed by atoms with Crippen molar-refractivity contribution in [1.82, 2.24) is 0 Å². The van der Waals surface area contributed by atoms with E-state index in [0.717, 1.165) is 0 Å². The Morgan fingerprint density at radius 3 is 1.48 bits per heavy atom. The molecule has 0 aliphatic heterocycles. The first kappa shape index (κ1) is 17.6. The molecule has 105 valence electrons. The predicted molar refractivity (Wildman–Crippen MR) is 81.1 cm³/mol. The average molecular weight is 407 g/mol. The summed E-state index contributed by atoms with van der Waals surface area (Å²) >= 11 is 0. The van der Waals surface area contributed by atoms with Gasteiger partial charge in [-0.25, -0.2) is 0 Å². The van der Waals surface area contributed by atoms with Gasteiger partial charge in [0.05, 0.1) is 13.1 Å². The molecule has 0 spiro atoms. The van der Waals surface area contributed by atoms with Crippen molar-refractivity contribution in [2.45, 2.75) is 0 Å². The van der Waals surface area contributed by atoms with Gasteiger partial charge in [-0.3, -0.25) is 9.98 Å². The molecule has 0 amide bonds. The second-order valence-corrected chi connectivity index (χ2v) is 4.19. The number of phenolic OH excluding ortho intramolecular Hbond substituents is 2. The molecule has 0 fully saturated rings. The van der Waals surface area contributed by atoms with Crippen molar-refractivity contribution in [1.29, 1.82) is 0 Å². The van der Waals surface area contributed by atoms with Crippen molar-refractivity contribution >= 4 is 12.4 Å². The van der Waals surface area contributed by atoms with Crippen molar-refractivity contribution in [3.05, 3.63) is 59.7 Å². The molecule has 2 rings (SSSR count). The van der Waals surface area contributed by atoms with E-state index in [1.807, 2.05) is 12.1 Å². The molecule has 0 atom stereocenters. The minimum atomic E-state index is 0. The Balaban J connectivity index is 0.00000220. The molecule has 2 N–H and O–H groups in total. The maximum Gasteiger partial charge on any atom is 0.124 e. The Kier molecular flexibility index (Phi) is 7.97. The molecular weight excluding hydrogens is 391 g/mol. The van der Waals surface area contributed by atoms with E-state index in [1.54, 1.807) is 48.8 Å². The standard InChI is InChI=1S/C16H16N2O2.La/c19-15-7-3-1-5-13(15)11-17-9-10-18-12-14-6-2-4-8-16(14)20;/h1-8,11-12,19-20H,9-10H2;. The van der Waals surface area contributed by atoms with E-state index in [1.165, 1.54) is 0 Å². The molecule has 0 aliphatic carbocycles. The minimum absolute atomic E-state index is 0. The zero-order valence-corrected chi connectivity index (χ0v) is 15.2. The molecule has 0 unspecified atom stereocenters. The Morgan fingerprint density at radius 1 is 0.714 bits per heavy atom. The van der Waals surface area contributed by atoms with Gasteiger partial charge in [0.2, 0.25) is 0 Å². The fourth-order valence-electron chi connectivity index (χ4n) is 1.63. The van der Waals surface area contributed by atoms with Gasteiger partial charge in [-0.05, 0) is 24.3 Å². The first-order valence-corrected chi connectivity index (χ1v) is 6.33. The molecule has 2 aromatic rings. The summed E-state index contributed by atoms with van der Waals surface area (Å²) in [4.78, 5) is 8.39. The number of para-hydroxylation sites is 2. The summed E-state index contributed by atoms with van der Waals surface area (Å²) in [6.07, 6.45) is 3.26. The maximum atomic E-state index is 9.54. The molecule has 1 radical (unpaired) electrons. The van der Waals surface area contributed by atoms with Crippen LogP contribution >= 0.6 is 0 Å². The summed E-state index contributed by atoms with van der Waals surface area (Å²) in [5.74, 6) is 0.433. The van der Waals surface area contributed by atoms with Crippen LogP contribution in [-0.4, -0.2) is 35.7 Å².